The topological polar surface area (TPSA) is 110 Å². The quantitative estimate of drug-likeness (QED) is 0.309. The summed E-state index contributed by atoms with van der Waals surface area (Å²) in [6.07, 6.45) is 0.289. The lowest BCUT2D eigenvalue weighted by Gasteiger charge is -2.05. The normalized spacial score (nSPS) is 10.4. The Kier molecular flexibility index (Phi) is 7.33. The number of aromatic nitrogens is 2. The number of carbonyl (C=O) groups excluding carboxylic acids is 3. The molecule has 0 fully saturated rings. The average molecular weight is 449 g/mol. The zero-order chi connectivity index (χ0) is 20.6. The number of rotatable bonds is 8. The van der Waals surface area contributed by atoms with Crippen LogP contribution in [0.15, 0.2) is 46.1 Å². The molecule has 150 valence electrons. The Labute approximate surface area is 178 Å². The van der Waals surface area contributed by atoms with Gasteiger partial charge in [0, 0.05) is 10.6 Å². The molecule has 0 saturated carbocycles. The lowest BCUT2D eigenvalue weighted by molar-refractivity contribution is -0.115. The van der Waals surface area contributed by atoms with Gasteiger partial charge in [-0.1, -0.05) is 29.2 Å². The van der Waals surface area contributed by atoms with Crippen molar-refractivity contribution < 1.29 is 19.1 Å². The molecule has 0 unspecified atom stereocenters. The minimum absolute atomic E-state index is 0.135. The first kappa shape index (κ1) is 21.0. The number of benzene rings is 1. The maximum Gasteiger partial charge on any atom is 0.337 e. The smallest absolute Gasteiger partial charge is 0.337 e. The van der Waals surface area contributed by atoms with Crippen molar-refractivity contribution in [2.45, 2.75) is 10.8 Å². The fourth-order valence-corrected chi connectivity index (χ4v) is 4.46. The molecule has 3 rings (SSSR count). The van der Waals surface area contributed by atoms with Crippen LogP contribution >= 0.6 is 34.4 Å². The summed E-state index contributed by atoms with van der Waals surface area (Å²) in [5, 5.41) is 15.7. The van der Waals surface area contributed by atoms with Gasteiger partial charge in [0.15, 0.2) is 4.34 Å². The van der Waals surface area contributed by atoms with E-state index in [0.717, 1.165) is 4.88 Å². The van der Waals surface area contributed by atoms with Crippen molar-refractivity contribution in [2.24, 2.45) is 0 Å². The van der Waals surface area contributed by atoms with E-state index in [-0.39, 0.29) is 24.0 Å². The van der Waals surface area contributed by atoms with Crippen molar-refractivity contribution in [1.82, 2.24) is 10.2 Å². The summed E-state index contributed by atoms with van der Waals surface area (Å²) < 4.78 is 5.21. The Hall–Kier alpha value is -2.76. The summed E-state index contributed by atoms with van der Waals surface area (Å²) in [5.41, 5.74) is 0.976. The molecule has 0 spiro atoms. The Morgan fingerprint density at radius 1 is 1.07 bits per heavy atom. The number of carbonyl (C=O) groups is 3. The van der Waals surface area contributed by atoms with Gasteiger partial charge in [0.25, 0.3) is 0 Å². The molecule has 0 aliphatic carbocycles. The highest BCUT2D eigenvalue weighted by Gasteiger charge is 2.12. The maximum absolute atomic E-state index is 12.1. The van der Waals surface area contributed by atoms with E-state index < -0.39 is 5.97 Å². The van der Waals surface area contributed by atoms with Gasteiger partial charge in [-0.3, -0.25) is 9.59 Å². The number of esters is 1. The van der Waals surface area contributed by atoms with Gasteiger partial charge in [0.2, 0.25) is 16.9 Å². The molecule has 3 aromatic rings. The first-order chi connectivity index (χ1) is 14.0. The Bertz CT molecular complexity index is 987. The summed E-state index contributed by atoms with van der Waals surface area (Å²) >= 11 is 3.95. The van der Waals surface area contributed by atoms with Crippen molar-refractivity contribution in [3.8, 4) is 0 Å². The van der Waals surface area contributed by atoms with Crippen LogP contribution in [0.5, 0.6) is 0 Å². The summed E-state index contributed by atoms with van der Waals surface area (Å²) in [5.74, 6) is -0.683. The number of thioether (sulfide) groups is 1. The molecule has 0 saturated heterocycles. The molecule has 2 amide bonds. The number of nitrogens with one attached hydrogen (secondary N) is 2. The first-order valence-corrected chi connectivity index (χ1v) is 11.0. The van der Waals surface area contributed by atoms with E-state index in [4.69, 9.17) is 0 Å². The van der Waals surface area contributed by atoms with E-state index in [0.29, 0.717) is 20.7 Å². The zero-order valence-corrected chi connectivity index (χ0v) is 17.7. The summed E-state index contributed by atoms with van der Waals surface area (Å²) in [6.45, 7) is 0. The van der Waals surface area contributed by atoms with E-state index in [9.17, 15) is 14.4 Å². The van der Waals surface area contributed by atoms with E-state index in [1.165, 1.54) is 41.5 Å². The first-order valence-electron chi connectivity index (χ1n) is 8.30. The summed E-state index contributed by atoms with van der Waals surface area (Å²) in [4.78, 5) is 36.4. The third-order valence-electron chi connectivity index (χ3n) is 3.48. The number of nitrogens with zero attached hydrogens (tertiary/aromatic N) is 2. The van der Waals surface area contributed by atoms with Crippen molar-refractivity contribution in [3.63, 3.8) is 0 Å². The second-order valence-corrected chi connectivity index (χ2v) is 8.82. The van der Waals surface area contributed by atoms with Crippen LogP contribution in [0.4, 0.5) is 10.8 Å². The van der Waals surface area contributed by atoms with E-state index in [2.05, 4.69) is 25.6 Å². The molecule has 0 atom stereocenters. The van der Waals surface area contributed by atoms with Gasteiger partial charge in [-0.2, -0.15) is 0 Å². The third kappa shape index (κ3) is 6.38. The van der Waals surface area contributed by atoms with Gasteiger partial charge in [-0.15, -0.1) is 21.5 Å². The number of anilines is 2. The monoisotopic (exact) mass is 448 g/mol. The fourth-order valence-electron chi connectivity index (χ4n) is 2.19. The Balaban J connectivity index is 1.44. The maximum atomic E-state index is 12.1. The fraction of sp³-hybridized carbons (Fsp3) is 0.167. The molecule has 0 radical (unpaired) electrons. The zero-order valence-electron chi connectivity index (χ0n) is 15.2. The SMILES string of the molecule is COC(=O)c1ccc(NC(=O)CSc2nnc(NC(=O)Cc3cccs3)s2)cc1. The van der Waals surface area contributed by atoms with Gasteiger partial charge in [0.05, 0.1) is 24.8 Å². The van der Waals surface area contributed by atoms with Crippen LogP contribution in [0.25, 0.3) is 0 Å². The molecule has 8 nitrogen and oxygen atoms in total. The van der Waals surface area contributed by atoms with Crippen molar-refractivity contribution in [2.75, 3.05) is 23.5 Å². The van der Waals surface area contributed by atoms with Crippen LogP contribution in [0.3, 0.4) is 0 Å². The predicted octanol–water partition coefficient (Wildman–Crippen LogP) is 3.30. The molecule has 0 bridgehead atoms. The second-order valence-electron chi connectivity index (χ2n) is 5.58. The minimum Gasteiger partial charge on any atom is -0.465 e. The summed E-state index contributed by atoms with van der Waals surface area (Å²) in [7, 11) is 1.31. The largest absolute Gasteiger partial charge is 0.465 e. The van der Waals surface area contributed by atoms with Gasteiger partial charge in [-0.05, 0) is 35.7 Å². The van der Waals surface area contributed by atoms with E-state index >= 15 is 0 Å². The number of hydrogen-bond acceptors (Lipinski definition) is 9. The lowest BCUT2D eigenvalue weighted by atomic mass is 10.2. The van der Waals surface area contributed by atoms with Crippen LogP contribution in [0.2, 0.25) is 0 Å². The van der Waals surface area contributed by atoms with Crippen LogP contribution in [0, 0.1) is 0 Å². The standard InChI is InChI=1S/C18H16N4O4S3/c1-26-16(25)11-4-6-12(7-5-11)19-15(24)10-28-18-22-21-17(29-18)20-14(23)9-13-3-2-8-27-13/h2-8H,9-10H2,1H3,(H,19,24)(H,20,21,23). The van der Waals surface area contributed by atoms with Crippen molar-refractivity contribution >= 4 is 63.0 Å². The molecule has 0 aliphatic rings. The lowest BCUT2D eigenvalue weighted by Crippen LogP contribution is -2.14. The molecular formula is C18H16N4O4S3. The van der Waals surface area contributed by atoms with Gasteiger partial charge < -0.3 is 15.4 Å². The Morgan fingerprint density at radius 3 is 2.55 bits per heavy atom. The number of amides is 2. The number of thiophene rings is 1. The number of methoxy groups -OCH3 is 1. The minimum atomic E-state index is -0.437. The second kappa shape index (κ2) is 10.1. The van der Waals surface area contributed by atoms with Crippen LogP contribution in [-0.4, -0.2) is 40.8 Å². The van der Waals surface area contributed by atoms with Crippen LogP contribution < -0.4 is 10.6 Å². The molecule has 2 N–H and O–H groups in total. The van der Waals surface area contributed by atoms with E-state index in [1.807, 2.05) is 17.5 Å². The molecule has 11 heteroatoms. The van der Waals surface area contributed by atoms with Gasteiger partial charge in [0.1, 0.15) is 0 Å². The highest BCUT2D eigenvalue weighted by atomic mass is 32.2. The molecular weight excluding hydrogens is 432 g/mol. The third-order valence-corrected chi connectivity index (χ3v) is 6.33. The van der Waals surface area contributed by atoms with Crippen molar-refractivity contribution in [3.05, 3.63) is 52.2 Å². The molecule has 2 aromatic heterocycles. The van der Waals surface area contributed by atoms with Crippen molar-refractivity contribution in [1.29, 1.82) is 0 Å². The summed E-state index contributed by atoms with van der Waals surface area (Å²) in [6, 6.07) is 10.2. The Morgan fingerprint density at radius 2 is 1.86 bits per heavy atom. The molecule has 2 heterocycles. The predicted molar refractivity (Wildman–Crippen MR) is 114 cm³/mol. The van der Waals surface area contributed by atoms with E-state index in [1.54, 1.807) is 24.3 Å². The number of hydrogen-bond donors (Lipinski definition) is 2. The molecule has 1 aromatic carbocycles. The van der Waals surface area contributed by atoms with Gasteiger partial charge >= 0.3 is 5.97 Å². The average Bonchev–Trinajstić information content (AvgIpc) is 3.38. The number of ether oxygens (including phenoxy) is 1. The molecule has 29 heavy (non-hydrogen) atoms. The van der Waals surface area contributed by atoms with Crippen LogP contribution in [0.1, 0.15) is 15.2 Å². The molecule has 0 aliphatic heterocycles. The van der Waals surface area contributed by atoms with Crippen LogP contribution in [-0.2, 0) is 20.7 Å². The van der Waals surface area contributed by atoms with Gasteiger partial charge in [-0.25, -0.2) is 4.79 Å². The highest BCUT2D eigenvalue weighted by Crippen LogP contribution is 2.26. The highest BCUT2D eigenvalue weighted by molar-refractivity contribution is 8.01.